The first kappa shape index (κ1) is 18.7. The lowest BCUT2D eigenvalue weighted by molar-refractivity contribution is -0.131. The highest BCUT2D eigenvalue weighted by atomic mass is 32.1. The van der Waals surface area contributed by atoms with Crippen molar-refractivity contribution < 1.29 is 4.79 Å². The van der Waals surface area contributed by atoms with E-state index in [1.165, 1.54) is 28.4 Å². The van der Waals surface area contributed by atoms with Gasteiger partial charge in [-0.05, 0) is 68.0 Å². The van der Waals surface area contributed by atoms with Crippen LogP contribution in [0.3, 0.4) is 0 Å². The Balaban J connectivity index is 1.09. The Labute approximate surface area is 197 Å². The molecule has 166 valence electrons. The number of piperazine rings is 1. The minimum absolute atomic E-state index is 0.0997. The van der Waals surface area contributed by atoms with E-state index in [1.807, 2.05) is 12.1 Å². The standard InChI is InChI=1S/C23H21N7OS2/c1-29-9-18-23(8-17(23)29)30(18)22(31)11-2-4-13-15(6-11)32-21-19(13)20(24-10-25-21)26-12-3-5-14-16(7-12)33-28-27-14/h3,5,7,10-11,17-18H,2,4,6,8-9H2,1H3,(H,24,25,26). The van der Waals surface area contributed by atoms with Gasteiger partial charge in [-0.15, -0.1) is 16.4 Å². The molecule has 4 aliphatic rings. The van der Waals surface area contributed by atoms with Crippen LogP contribution in [0.1, 0.15) is 23.3 Å². The number of amides is 1. The molecule has 3 aromatic heterocycles. The van der Waals surface area contributed by atoms with Crippen LogP contribution in [0, 0.1) is 5.92 Å². The lowest BCUT2D eigenvalue weighted by Gasteiger charge is -2.24. The summed E-state index contributed by atoms with van der Waals surface area (Å²) >= 11 is 3.11. The monoisotopic (exact) mass is 475 g/mol. The third-order valence-corrected chi connectivity index (χ3v) is 9.99. The predicted molar refractivity (Wildman–Crippen MR) is 128 cm³/mol. The number of likely N-dealkylation sites (N-methyl/N-ethyl adjacent to an activating group) is 1. The van der Waals surface area contributed by atoms with Gasteiger partial charge in [0.2, 0.25) is 5.91 Å². The topological polar surface area (TPSA) is 86.9 Å². The molecule has 8 nitrogen and oxygen atoms in total. The number of carbonyl (C=O) groups excluding carboxylic acids is 1. The first-order valence-corrected chi connectivity index (χ1v) is 13.0. The Morgan fingerprint density at radius 1 is 1.27 bits per heavy atom. The predicted octanol–water partition coefficient (Wildman–Crippen LogP) is 3.21. The van der Waals surface area contributed by atoms with E-state index < -0.39 is 0 Å². The fourth-order valence-electron chi connectivity index (χ4n) is 6.42. The fraction of sp³-hybridized carbons (Fsp3) is 0.435. The molecule has 4 unspecified atom stereocenters. The highest BCUT2D eigenvalue weighted by molar-refractivity contribution is 7.19. The maximum atomic E-state index is 13.4. The molecule has 5 heterocycles. The molecule has 0 radical (unpaired) electrons. The van der Waals surface area contributed by atoms with Crippen molar-refractivity contribution in [3.63, 3.8) is 0 Å². The first-order chi connectivity index (χ1) is 16.1. The third kappa shape index (κ3) is 2.46. The fourth-order valence-corrected chi connectivity index (χ4v) is 8.29. The van der Waals surface area contributed by atoms with Crippen LogP contribution in [-0.4, -0.2) is 66.5 Å². The molecular formula is C23H21N7OS2. The van der Waals surface area contributed by atoms with Gasteiger partial charge in [-0.25, -0.2) is 9.97 Å². The zero-order valence-electron chi connectivity index (χ0n) is 18.0. The Hall–Kier alpha value is -2.69. The molecule has 2 saturated heterocycles. The SMILES string of the molecule is CN1CC2N(C(=O)C3CCc4c(sc5ncnc(Nc6ccc7nnsc7c6)c45)C3)C23CC13. The van der Waals surface area contributed by atoms with Gasteiger partial charge in [-0.2, -0.15) is 0 Å². The van der Waals surface area contributed by atoms with Crippen molar-refractivity contribution in [2.45, 2.75) is 43.3 Å². The van der Waals surface area contributed by atoms with Crippen LogP contribution in [0.4, 0.5) is 11.5 Å². The lowest BCUT2D eigenvalue weighted by atomic mass is 9.87. The quantitative estimate of drug-likeness (QED) is 0.455. The molecule has 2 aliphatic heterocycles. The van der Waals surface area contributed by atoms with Crippen LogP contribution in [0.2, 0.25) is 0 Å². The van der Waals surface area contributed by atoms with Crippen molar-refractivity contribution in [3.8, 4) is 0 Å². The Kier molecular flexibility index (Phi) is 3.54. The molecule has 2 aliphatic carbocycles. The zero-order valence-corrected chi connectivity index (χ0v) is 19.6. The number of hydrogen-bond acceptors (Lipinski definition) is 9. The van der Waals surface area contributed by atoms with Gasteiger partial charge in [-0.3, -0.25) is 9.69 Å². The second-order valence-electron chi connectivity index (χ2n) is 9.80. The van der Waals surface area contributed by atoms with Crippen LogP contribution < -0.4 is 5.32 Å². The lowest BCUT2D eigenvalue weighted by Crippen LogP contribution is -2.34. The maximum Gasteiger partial charge on any atom is 0.227 e. The van der Waals surface area contributed by atoms with Gasteiger partial charge in [-0.1, -0.05) is 4.49 Å². The average Bonchev–Trinajstić information content (AvgIpc) is 3.48. The number of fused-ring (bicyclic) bond motifs is 4. The summed E-state index contributed by atoms with van der Waals surface area (Å²) in [4.78, 5) is 29.5. The van der Waals surface area contributed by atoms with Crippen LogP contribution in [0.15, 0.2) is 24.5 Å². The number of aryl methyl sites for hydroxylation is 1. The smallest absolute Gasteiger partial charge is 0.227 e. The van der Waals surface area contributed by atoms with Crippen LogP contribution in [-0.2, 0) is 17.6 Å². The van der Waals surface area contributed by atoms with E-state index in [0.717, 1.165) is 57.7 Å². The molecule has 1 aromatic carbocycles. The van der Waals surface area contributed by atoms with Gasteiger partial charge in [0.25, 0.3) is 0 Å². The molecule has 10 heteroatoms. The Morgan fingerprint density at radius 2 is 2.21 bits per heavy atom. The first-order valence-electron chi connectivity index (χ1n) is 11.4. The summed E-state index contributed by atoms with van der Waals surface area (Å²) in [6.45, 7) is 1.05. The summed E-state index contributed by atoms with van der Waals surface area (Å²) in [5, 5.41) is 8.72. The molecule has 8 rings (SSSR count). The largest absolute Gasteiger partial charge is 0.340 e. The van der Waals surface area contributed by atoms with E-state index in [2.05, 4.69) is 47.8 Å². The highest BCUT2D eigenvalue weighted by Gasteiger charge is 2.84. The minimum atomic E-state index is 0.0997. The van der Waals surface area contributed by atoms with E-state index in [-0.39, 0.29) is 11.5 Å². The van der Waals surface area contributed by atoms with Gasteiger partial charge >= 0.3 is 0 Å². The molecule has 1 spiro atoms. The molecule has 1 saturated carbocycles. The van der Waals surface area contributed by atoms with Crippen LogP contribution >= 0.6 is 22.9 Å². The number of rotatable bonds is 3. The minimum Gasteiger partial charge on any atom is -0.340 e. The van der Waals surface area contributed by atoms with E-state index >= 15 is 0 Å². The molecule has 3 fully saturated rings. The normalized spacial score (nSPS) is 29.7. The van der Waals surface area contributed by atoms with E-state index in [0.29, 0.717) is 18.0 Å². The summed E-state index contributed by atoms with van der Waals surface area (Å²) in [6, 6.07) is 7.12. The van der Waals surface area contributed by atoms with Gasteiger partial charge < -0.3 is 10.2 Å². The number of hydrogen-bond donors (Lipinski definition) is 1. The van der Waals surface area contributed by atoms with Crippen molar-refractivity contribution >= 4 is 60.7 Å². The van der Waals surface area contributed by atoms with Gasteiger partial charge in [0.15, 0.2) is 0 Å². The second-order valence-corrected chi connectivity index (χ2v) is 11.7. The van der Waals surface area contributed by atoms with Crippen molar-refractivity contribution in [1.82, 2.24) is 29.4 Å². The number of nitrogens with zero attached hydrogens (tertiary/aromatic N) is 6. The summed E-state index contributed by atoms with van der Waals surface area (Å²) in [7, 11) is 2.19. The molecule has 4 aromatic rings. The molecule has 1 amide bonds. The third-order valence-electron chi connectivity index (χ3n) is 8.14. The summed E-state index contributed by atoms with van der Waals surface area (Å²) < 4.78 is 5.07. The number of thiophene rings is 1. The van der Waals surface area contributed by atoms with E-state index in [1.54, 1.807) is 17.7 Å². The van der Waals surface area contributed by atoms with Crippen molar-refractivity contribution in [2.75, 3.05) is 18.9 Å². The maximum absolute atomic E-state index is 13.4. The number of benzene rings is 1. The van der Waals surface area contributed by atoms with E-state index in [9.17, 15) is 4.79 Å². The molecule has 0 bridgehead atoms. The second kappa shape index (κ2) is 6.25. The van der Waals surface area contributed by atoms with E-state index in [4.69, 9.17) is 0 Å². The summed E-state index contributed by atoms with van der Waals surface area (Å²) in [5.41, 5.74) is 3.40. The number of aromatic nitrogens is 4. The summed E-state index contributed by atoms with van der Waals surface area (Å²) in [5.74, 6) is 1.32. The zero-order chi connectivity index (χ0) is 21.9. The number of carbonyl (C=O) groups is 1. The van der Waals surface area contributed by atoms with Crippen LogP contribution in [0.5, 0.6) is 0 Å². The van der Waals surface area contributed by atoms with Crippen molar-refractivity contribution in [2.24, 2.45) is 5.92 Å². The highest BCUT2D eigenvalue weighted by Crippen LogP contribution is 2.67. The number of likely N-dealkylation sites (tertiary alicyclic amines) is 1. The number of piperidine rings is 1. The van der Waals surface area contributed by atoms with Crippen molar-refractivity contribution in [3.05, 3.63) is 35.0 Å². The van der Waals surface area contributed by atoms with Crippen molar-refractivity contribution in [1.29, 1.82) is 0 Å². The molecule has 1 N–H and O–H groups in total. The average molecular weight is 476 g/mol. The Morgan fingerprint density at radius 3 is 3.06 bits per heavy atom. The van der Waals surface area contributed by atoms with Crippen LogP contribution in [0.25, 0.3) is 20.4 Å². The van der Waals surface area contributed by atoms with Gasteiger partial charge in [0, 0.05) is 29.1 Å². The molecular weight excluding hydrogens is 454 g/mol. The molecule has 4 atom stereocenters. The number of anilines is 2. The Bertz CT molecular complexity index is 1480. The molecule has 33 heavy (non-hydrogen) atoms. The summed E-state index contributed by atoms with van der Waals surface area (Å²) in [6.07, 6.45) is 5.44. The van der Waals surface area contributed by atoms with Gasteiger partial charge in [0.05, 0.1) is 21.7 Å². The van der Waals surface area contributed by atoms with Gasteiger partial charge in [0.1, 0.15) is 22.5 Å². The number of nitrogens with one attached hydrogen (secondary N) is 1.